The zero-order chi connectivity index (χ0) is 40.1. The summed E-state index contributed by atoms with van der Waals surface area (Å²) < 4.78 is 38.8. The van der Waals surface area contributed by atoms with Crippen molar-refractivity contribution in [2.75, 3.05) is 13.7 Å². The van der Waals surface area contributed by atoms with E-state index in [1.54, 1.807) is 49.1 Å². The second-order valence-corrected chi connectivity index (χ2v) is 14.8. The molecule has 2 saturated carbocycles. The van der Waals surface area contributed by atoms with E-state index in [0.29, 0.717) is 87.9 Å². The number of fused-ring (bicyclic) bond motifs is 4. The molecule has 0 unspecified atom stereocenters. The average molecular weight is 793 g/mol. The maximum absolute atomic E-state index is 13.7. The van der Waals surface area contributed by atoms with E-state index >= 15 is 0 Å². The number of rotatable bonds is 6. The molecule has 0 amide bonds. The molecule has 0 spiro atoms. The van der Waals surface area contributed by atoms with Crippen LogP contribution in [0.1, 0.15) is 63.5 Å². The van der Waals surface area contributed by atoms with Gasteiger partial charge in [-0.3, -0.25) is 23.1 Å². The molecule has 0 radical (unpaired) electrons. The van der Waals surface area contributed by atoms with E-state index in [0.717, 1.165) is 25.7 Å². The Hall–Kier alpha value is -6.63. The van der Waals surface area contributed by atoms with Gasteiger partial charge in [0.1, 0.15) is 35.3 Å². The Morgan fingerprint density at radius 3 is 1.64 bits per heavy atom. The number of nitrogens with one attached hydrogen (secondary N) is 2. The molecule has 19 heteroatoms. The Bertz CT molecular complexity index is 2930. The van der Waals surface area contributed by atoms with Gasteiger partial charge in [0.05, 0.1) is 47.5 Å². The third-order valence-corrected chi connectivity index (χ3v) is 11.4. The van der Waals surface area contributed by atoms with Crippen LogP contribution in [0.15, 0.2) is 71.0 Å². The number of carbonyl (C=O) groups excluding carboxylic acids is 1. The highest BCUT2D eigenvalue weighted by Gasteiger charge is 2.30. The molecule has 6 aromatic heterocycles. The predicted octanol–water partition coefficient (Wildman–Crippen LogP) is 4.82. The molecule has 298 valence electrons. The summed E-state index contributed by atoms with van der Waals surface area (Å²) in [5, 5.41) is 9.35. The summed E-state index contributed by atoms with van der Waals surface area (Å²) >= 11 is 0. The van der Waals surface area contributed by atoms with E-state index in [4.69, 9.17) is 4.74 Å². The zero-order valence-corrected chi connectivity index (χ0v) is 31.3. The molecule has 17 nitrogen and oxygen atoms in total. The minimum absolute atomic E-state index is 0.0313. The maximum Gasteiger partial charge on any atom is 0.327 e. The van der Waals surface area contributed by atoms with Crippen LogP contribution in [0, 0.1) is 23.5 Å². The molecule has 0 saturated heterocycles. The maximum atomic E-state index is 13.7. The molecule has 2 aliphatic rings. The number of H-pyrrole nitrogens is 2. The van der Waals surface area contributed by atoms with Crippen LogP contribution in [0.2, 0.25) is 0 Å². The Balaban J connectivity index is 0.000000151. The van der Waals surface area contributed by atoms with Gasteiger partial charge in [-0.2, -0.15) is 9.97 Å². The van der Waals surface area contributed by atoms with Crippen molar-refractivity contribution < 1.29 is 23.4 Å². The highest BCUT2D eigenvalue weighted by Crippen LogP contribution is 2.34. The number of nitrogens with zero attached hydrogens (tertiary/aromatic N) is 10. The van der Waals surface area contributed by atoms with Crippen LogP contribution in [0.25, 0.3) is 56.3 Å². The van der Waals surface area contributed by atoms with Crippen LogP contribution in [-0.2, 0) is 9.53 Å². The number of hydrogen-bond acceptors (Lipinski definition) is 11. The number of aromatic amines is 2. The summed E-state index contributed by atoms with van der Waals surface area (Å²) in [6, 6.07) is 8.60. The van der Waals surface area contributed by atoms with E-state index in [9.17, 15) is 28.3 Å². The molecule has 2 aromatic carbocycles. The van der Waals surface area contributed by atoms with E-state index in [1.165, 1.54) is 37.7 Å². The van der Waals surface area contributed by atoms with E-state index in [-0.39, 0.29) is 53.6 Å². The summed E-state index contributed by atoms with van der Waals surface area (Å²) in [4.78, 5) is 69.0. The SMILES string of the molecule is COC(=O)C1CCC(n2c(=O)[nH]c3cnc(-n4cnc5ccc(F)cc54)nc32)CC1.O=c1[nH]c2cnc(-n3cnc4ccc(F)cc43)nc2n1C1CCC(CO)CC1. The number of aromatic nitrogens is 12. The van der Waals surface area contributed by atoms with Gasteiger partial charge in [-0.25, -0.2) is 38.3 Å². The molecule has 0 bridgehead atoms. The highest BCUT2D eigenvalue weighted by molar-refractivity contribution is 5.79. The molecule has 3 N–H and O–H groups in total. The van der Waals surface area contributed by atoms with Crippen molar-refractivity contribution in [3.63, 3.8) is 0 Å². The van der Waals surface area contributed by atoms with Gasteiger partial charge in [-0.05, 0) is 81.5 Å². The van der Waals surface area contributed by atoms with Gasteiger partial charge >= 0.3 is 17.3 Å². The van der Waals surface area contributed by atoms with Crippen LogP contribution in [0.4, 0.5) is 8.78 Å². The van der Waals surface area contributed by atoms with Crippen LogP contribution in [0.5, 0.6) is 0 Å². The Morgan fingerprint density at radius 1 is 0.724 bits per heavy atom. The number of imidazole rings is 4. The lowest BCUT2D eigenvalue weighted by molar-refractivity contribution is -0.146. The van der Waals surface area contributed by atoms with E-state index in [1.807, 2.05) is 0 Å². The van der Waals surface area contributed by atoms with Gasteiger partial charge in [0.2, 0.25) is 11.9 Å². The summed E-state index contributed by atoms with van der Waals surface area (Å²) in [5.41, 5.74) is 3.97. The minimum Gasteiger partial charge on any atom is -0.469 e. The third-order valence-electron chi connectivity index (χ3n) is 11.4. The fraction of sp³-hybridized carbons (Fsp3) is 0.359. The van der Waals surface area contributed by atoms with Gasteiger partial charge in [0.15, 0.2) is 11.3 Å². The molecule has 0 aliphatic heterocycles. The molecule has 0 atom stereocenters. The van der Waals surface area contributed by atoms with Gasteiger partial charge in [0, 0.05) is 30.8 Å². The minimum atomic E-state index is -0.383. The quantitative estimate of drug-likeness (QED) is 0.194. The summed E-state index contributed by atoms with van der Waals surface area (Å²) in [6.45, 7) is 0.187. The molecule has 58 heavy (non-hydrogen) atoms. The van der Waals surface area contributed by atoms with Crippen molar-refractivity contribution in [2.45, 2.75) is 63.5 Å². The first-order chi connectivity index (χ1) is 28.2. The smallest absolute Gasteiger partial charge is 0.327 e. The molecule has 2 fully saturated rings. The number of carbonyl (C=O) groups is 1. The number of aliphatic hydroxyl groups excluding tert-OH is 1. The first kappa shape index (κ1) is 37.0. The van der Waals surface area contributed by atoms with Crippen molar-refractivity contribution in [2.24, 2.45) is 11.8 Å². The average Bonchev–Trinajstić information content (AvgIpc) is 4.02. The van der Waals surface area contributed by atoms with Crippen LogP contribution < -0.4 is 11.4 Å². The molecule has 10 rings (SSSR count). The summed E-state index contributed by atoms with van der Waals surface area (Å²) in [5.74, 6) is -0.160. The fourth-order valence-corrected chi connectivity index (χ4v) is 8.33. The zero-order valence-electron chi connectivity index (χ0n) is 31.3. The van der Waals surface area contributed by atoms with Crippen molar-refractivity contribution in [3.05, 3.63) is 94.0 Å². The number of esters is 1. The number of hydrogen-bond donors (Lipinski definition) is 3. The first-order valence-corrected chi connectivity index (χ1v) is 19.1. The van der Waals surface area contributed by atoms with Gasteiger partial charge in [0.25, 0.3) is 0 Å². The summed E-state index contributed by atoms with van der Waals surface area (Å²) in [6.07, 6.45) is 12.2. The van der Waals surface area contributed by atoms with Gasteiger partial charge in [-0.15, -0.1) is 0 Å². The number of benzene rings is 2. The highest BCUT2D eigenvalue weighted by atomic mass is 19.1. The first-order valence-electron chi connectivity index (χ1n) is 19.1. The Kier molecular flexibility index (Phi) is 9.58. The Morgan fingerprint density at radius 2 is 1.19 bits per heavy atom. The molecule has 8 aromatic rings. The van der Waals surface area contributed by atoms with Crippen molar-refractivity contribution in [3.8, 4) is 11.9 Å². The lowest BCUT2D eigenvalue weighted by Gasteiger charge is -2.27. The standard InChI is InChI=1S/C20H19FN6O3.C19H19FN6O2/c1-30-18(28)11-2-5-13(6-3-11)27-17-15(24-20(27)29)9-22-19(25-17)26-10-23-14-7-4-12(21)8-16(14)26;20-12-3-6-14-16(7-12)25(10-22-14)18-21-8-15-17(24-18)26(19(28)23-15)13-4-1-11(9-27)2-5-13/h4,7-11,13H,2-3,5-6H2,1H3,(H,24,29);3,6-8,10-11,13,27H,1-2,4-5,9H2,(H,23,28). The van der Waals surface area contributed by atoms with Gasteiger partial charge < -0.3 is 19.8 Å². The second-order valence-electron chi connectivity index (χ2n) is 14.8. The van der Waals surface area contributed by atoms with Crippen molar-refractivity contribution in [1.82, 2.24) is 58.1 Å². The number of ether oxygens (including phenoxy) is 1. The van der Waals surface area contributed by atoms with Crippen molar-refractivity contribution in [1.29, 1.82) is 0 Å². The largest absolute Gasteiger partial charge is 0.469 e. The molecule has 2 aliphatic carbocycles. The molecule has 6 heterocycles. The second kappa shape index (κ2) is 15.0. The van der Waals surface area contributed by atoms with Crippen LogP contribution in [-0.4, -0.2) is 82.9 Å². The topological polar surface area (TPSA) is 209 Å². The number of aliphatic hydroxyl groups is 1. The lowest BCUT2D eigenvalue weighted by atomic mass is 9.86. The van der Waals surface area contributed by atoms with Crippen LogP contribution >= 0.6 is 0 Å². The number of halogens is 2. The monoisotopic (exact) mass is 792 g/mol. The normalized spacial score (nSPS) is 19.8. The molecular weight excluding hydrogens is 755 g/mol. The van der Waals surface area contributed by atoms with Crippen molar-refractivity contribution >= 4 is 50.4 Å². The summed E-state index contributed by atoms with van der Waals surface area (Å²) in [7, 11) is 1.39. The predicted molar refractivity (Wildman–Crippen MR) is 207 cm³/mol. The van der Waals surface area contributed by atoms with Crippen LogP contribution in [0.3, 0.4) is 0 Å². The third kappa shape index (κ3) is 6.69. The van der Waals surface area contributed by atoms with Gasteiger partial charge in [-0.1, -0.05) is 0 Å². The molecular formula is C39H38F2N12O5. The number of methoxy groups -OCH3 is 1. The van der Waals surface area contributed by atoms with E-state index < -0.39 is 0 Å². The van der Waals surface area contributed by atoms with E-state index in [2.05, 4.69) is 39.9 Å². The Labute approximate surface area is 326 Å². The lowest BCUT2D eigenvalue weighted by Crippen LogP contribution is -2.29. The fourth-order valence-electron chi connectivity index (χ4n) is 8.33.